The summed E-state index contributed by atoms with van der Waals surface area (Å²) in [5, 5.41) is 3.40. The lowest BCUT2D eigenvalue weighted by Crippen LogP contribution is -2.27. The molecule has 2 aromatic carbocycles. The number of carbonyl (C=O) groups is 1. The van der Waals surface area contributed by atoms with Gasteiger partial charge in [-0.15, -0.1) is 0 Å². The molecule has 3 aromatic rings. The number of hydrogen-bond acceptors (Lipinski definition) is 3. The minimum Gasteiger partial charge on any atom is -0.325 e. The van der Waals surface area contributed by atoms with Crippen LogP contribution in [0, 0.1) is 0 Å². The van der Waals surface area contributed by atoms with Gasteiger partial charge in [0.1, 0.15) is 6.54 Å². The SMILES string of the molecule is CCc1ccc(NC(=O)Cn2cnc(-c3ccc(Cl)cc3)cc2=O)cc1. The van der Waals surface area contributed by atoms with Gasteiger partial charge in [0.15, 0.2) is 0 Å². The molecule has 0 fully saturated rings. The van der Waals surface area contributed by atoms with Crippen LogP contribution in [0.25, 0.3) is 11.3 Å². The van der Waals surface area contributed by atoms with Crippen LogP contribution in [0.1, 0.15) is 12.5 Å². The monoisotopic (exact) mass is 367 g/mol. The molecule has 1 heterocycles. The van der Waals surface area contributed by atoms with Crippen molar-refractivity contribution < 1.29 is 4.79 Å². The van der Waals surface area contributed by atoms with Crippen molar-refractivity contribution in [2.75, 3.05) is 5.32 Å². The van der Waals surface area contributed by atoms with Crippen LogP contribution in [0.4, 0.5) is 5.69 Å². The van der Waals surface area contributed by atoms with Crippen LogP contribution < -0.4 is 10.9 Å². The maximum absolute atomic E-state index is 12.3. The van der Waals surface area contributed by atoms with Crippen molar-refractivity contribution in [2.45, 2.75) is 19.9 Å². The number of hydrogen-bond donors (Lipinski definition) is 1. The lowest BCUT2D eigenvalue weighted by molar-refractivity contribution is -0.116. The van der Waals surface area contributed by atoms with Crippen LogP contribution in [-0.2, 0) is 17.8 Å². The summed E-state index contributed by atoms with van der Waals surface area (Å²) in [6.07, 6.45) is 2.32. The van der Waals surface area contributed by atoms with Gasteiger partial charge in [0.25, 0.3) is 5.56 Å². The molecule has 0 spiro atoms. The molecule has 26 heavy (non-hydrogen) atoms. The summed E-state index contributed by atoms with van der Waals surface area (Å²) in [7, 11) is 0. The Balaban J connectivity index is 1.70. The Kier molecular flexibility index (Phi) is 5.49. The molecule has 0 unspecified atom stereocenters. The first-order valence-electron chi connectivity index (χ1n) is 8.26. The third-order valence-electron chi connectivity index (χ3n) is 3.98. The Morgan fingerprint density at radius 2 is 1.81 bits per heavy atom. The van der Waals surface area contributed by atoms with E-state index in [9.17, 15) is 9.59 Å². The summed E-state index contributed by atoms with van der Waals surface area (Å²) in [5.41, 5.74) is 2.94. The minimum absolute atomic E-state index is 0.0950. The predicted molar refractivity (Wildman–Crippen MR) is 103 cm³/mol. The standard InChI is InChI=1S/C20H18ClN3O2/c1-2-14-3-9-17(10-4-14)23-19(25)12-24-13-22-18(11-20(24)26)15-5-7-16(21)8-6-15/h3-11,13H,2,12H2,1H3,(H,23,25). The Bertz CT molecular complexity index is 964. The summed E-state index contributed by atoms with van der Waals surface area (Å²) < 4.78 is 1.27. The number of rotatable bonds is 5. The van der Waals surface area contributed by atoms with Crippen molar-refractivity contribution >= 4 is 23.2 Å². The van der Waals surface area contributed by atoms with Gasteiger partial charge in [-0.05, 0) is 36.2 Å². The van der Waals surface area contributed by atoms with Crippen molar-refractivity contribution in [2.24, 2.45) is 0 Å². The molecule has 0 bridgehead atoms. The number of nitrogens with one attached hydrogen (secondary N) is 1. The van der Waals surface area contributed by atoms with E-state index >= 15 is 0 Å². The lowest BCUT2D eigenvalue weighted by atomic mass is 10.1. The highest BCUT2D eigenvalue weighted by Gasteiger charge is 2.08. The van der Waals surface area contributed by atoms with E-state index < -0.39 is 0 Å². The van der Waals surface area contributed by atoms with Crippen molar-refractivity contribution in [3.8, 4) is 11.3 Å². The Morgan fingerprint density at radius 3 is 2.42 bits per heavy atom. The van der Waals surface area contributed by atoms with Gasteiger partial charge in [0.05, 0.1) is 12.0 Å². The second-order valence-electron chi connectivity index (χ2n) is 5.85. The first-order valence-corrected chi connectivity index (χ1v) is 8.64. The Labute approximate surface area is 156 Å². The molecule has 3 rings (SSSR count). The van der Waals surface area contributed by atoms with E-state index in [1.54, 1.807) is 24.3 Å². The van der Waals surface area contributed by atoms with Gasteiger partial charge in [-0.25, -0.2) is 4.98 Å². The number of aromatic nitrogens is 2. The quantitative estimate of drug-likeness (QED) is 0.746. The first-order chi connectivity index (χ1) is 12.5. The van der Waals surface area contributed by atoms with E-state index in [1.807, 2.05) is 24.3 Å². The van der Waals surface area contributed by atoms with Gasteiger partial charge in [-0.1, -0.05) is 42.8 Å². The van der Waals surface area contributed by atoms with E-state index in [1.165, 1.54) is 22.5 Å². The fourth-order valence-electron chi connectivity index (χ4n) is 2.50. The van der Waals surface area contributed by atoms with Crippen molar-refractivity contribution in [1.29, 1.82) is 0 Å². The number of anilines is 1. The lowest BCUT2D eigenvalue weighted by Gasteiger charge is -2.08. The fourth-order valence-corrected chi connectivity index (χ4v) is 2.63. The maximum Gasteiger partial charge on any atom is 0.254 e. The minimum atomic E-state index is -0.290. The average Bonchev–Trinajstić information content (AvgIpc) is 2.64. The van der Waals surface area contributed by atoms with E-state index in [2.05, 4.69) is 17.2 Å². The van der Waals surface area contributed by atoms with Crippen LogP contribution in [0.3, 0.4) is 0 Å². The van der Waals surface area contributed by atoms with E-state index in [-0.39, 0.29) is 18.0 Å². The summed E-state index contributed by atoms with van der Waals surface area (Å²) in [6, 6.07) is 16.1. The molecular weight excluding hydrogens is 350 g/mol. The summed E-state index contributed by atoms with van der Waals surface area (Å²) in [4.78, 5) is 28.7. The third kappa shape index (κ3) is 4.37. The molecule has 0 aliphatic carbocycles. The second-order valence-corrected chi connectivity index (χ2v) is 6.28. The maximum atomic E-state index is 12.3. The molecule has 0 saturated carbocycles. The number of amides is 1. The van der Waals surface area contributed by atoms with Crippen molar-refractivity contribution in [3.05, 3.63) is 81.9 Å². The van der Waals surface area contributed by atoms with Crippen molar-refractivity contribution in [3.63, 3.8) is 0 Å². The molecule has 0 atom stereocenters. The molecular formula is C20H18ClN3O2. The fraction of sp³-hybridized carbons (Fsp3) is 0.150. The van der Waals surface area contributed by atoms with Gasteiger partial charge in [-0.3, -0.25) is 14.2 Å². The molecule has 5 nitrogen and oxygen atoms in total. The summed E-state index contributed by atoms with van der Waals surface area (Å²) in [5.74, 6) is -0.280. The van der Waals surface area contributed by atoms with Crippen LogP contribution in [0.2, 0.25) is 5.02 Å². The third-order valence-corrected chi connectivity index (χ3v) is 4.23. The molecule has 0 radical (unpaired) electrons. The summed E-state index contributed by atoms with van der Waals surface area (Å²) >= 11 is 5.87. The summed E-state index contributed by atoms with van der Waals surface area (Å²) in [6.45, 7) is 1.98. The number of aryl methyl sites for hydroxylation is 1. The highest BCUT2D eigenvalue weighted by atomic mass is 35.5. The van der Waals surface area contributed by atoms with Crippen LogP contribution in [0.5, 0.6) is 0 Å². The van der Waals surface area contributed by atoms with Gasteiger partial charge in [-0.2, -0.15) is 0 Å². The van der Waals surface area contributed by atoms with Gasteiger partial charge < -0.3 is 5.32 Å². The molecule has 0 aliphatic heterocycles. The molecule has 6 heteroatoms. The molecule has 0 saturated heterocycles. The zero-order valence-electron chi connectivity index (χ0n) is 14.3. The molecule has 132 valence electrons. The molecule has 1 aromatic heterocycles. The highest BCUT2D eigenvalue weighted by molar-refractivity contribution is 6.30. The second kappa shape index (κ2) is 7.97. The first kappa shape index (κ1) is 17.9. The zero-order chi connectivity index (χ0) is 18.5. The largest absolute Gasteiger partial charge is 0.325 e. The van der Waals surface area contributed by atoms with E-state index in [0.29, 0.717) is 16.4 Å². The molecule has 0 aliphatic rings. The highest BCUT2D eigenvalue weighted by Crippen LogP contribution is 2.18. The van der Waals surface area contributed by atoms with E-state index in [0.717, 1.165) is 12.0 Å². The van der Waals surface area contributed by atoms with Crippen LogP contribution in [-0.4, -0.2) is 15.5 Å². The van der Waals surface area contributed by atoms with E-state index in [4.69, 9.17) is 11.6 Å². The van der Waals surface area contributed by atoms with Gasteiger partial charge >= 0.3 is 0 Å². The Morgan fingerprint density at radius 1 is 1.12 bits per heavy atom. The van der Waals surface area contributed by atoms with Crippen molar-refractivity contribution in [1.82, 2.24) is 9.55 Å². The predicted octanol–water partition coefficient (Wildman–Crippen LogP) is 3.76. The smallest absolute Gasteiger partial charge is 0.254 e. The number of halogens is 1. The van der Waals surface area contributed by atoms with Crippen LogP contribution in [0.15, 0.2) is 65.7 Å². The molecule has 1 amide bonds. The number of carbonyl (C=O) groups excluding carboxylic acids is 1. The number of benzene rings is 2. The topological polar surface area (TPSA) is 64.0 Å². The average molecular weight is 368 g/mol. The Hall–Kier alpha value is -2.92. The normalized spacial score (nSPS) is 10.5. The molecule has 1 N–H and O–H groups in total. The van der Waals surface area contributed by atoms with Gasteiger partial charge in [0.2, 0.25) is 5.91 Å². The van der Waals surface area contributed by atoms with Gasteiger partial charge in [0, 0.05) is 22.3 Å². The van der Waals surface area contributed by atoms with Crippen LogP contribution >= 0.6 is 11.6 Å². The number of nitrogens with zero attached hydrogens (tertiary/aromatic N) is 2. The zero-order valence-corrected chi connectivity index (χ0v) is 15.0.